The van der Waals surface area contributed by atoms with Crippen LogP contribution in [0.1, 0.15) is 12.5 Å². The van der Waals surface area contributed by atoms with Crippen LogP contribution in [0.25, 0.3) is 11.0 Å². The van der Waals surface area contributed by atoms with Gasteiger partial charge in [0.2, 0.25) is 0 Å². The molecule has 1 aromatic carbocycles. The average molecular weight is 173 g/mol. The van der Waals surface area contributed by atoms with Crippen molar-refractivity contribution in [3.05, 3.63) is 46.3 Å². The monoisotopic (exact) mass is 173 g/mol. The highest BCUT2D eigenvalue weighted by atomic mass is 16.4. The molecule has 65 valence electrons. The van der Waals surface area contributed by atoms with Gasteiger partial charge in [-0.3, -0.25) is 0 Å². The predicted molar refractivity (Wildman–Crippen MR) is 50.7 cm³/mol. The van der Waals surface area contributed by atoms with Crippen molar-refractivity contribution in [2.24, 2.45) is 0 Å². The number of hydrogen-bond donors (Lipinski definition) is 0. The van der Waals surface area contributed by atoms with E-state index in [4.69, 9.17) is 4.42 Å². The van der Waals surface area contributed by atoms with E-state index in [1.54, 1.807) is 6.07 Å². The van der Waals surface area contributed by atoms with E-state index in [1.165, 1.54) is 0 Å². The van der Waals surface area contributed by atoms with Crippen LogP contribution in [-0.2, 0) is 6.42 Å². The van der Waals surface area contributed by atoms with Crippen molar-refractivity contribution in [2.75, 3.05) is 0 Å². The standard InChI is InChI=1S/C11H9O2/c1-2-8-7-9-5-3-4-6-10(9)13-11(8)12/h3,5-7H,2H2,1H3. The van der Waals surface area contributed by atoms with Crippen molar-refractivity contribution in [3.8, 4) is 0 Å². The van der Waals surface area contributed by atoms with Crippen LogP contribution in [0.4, 0.5) is 0 Å². The van der Waals surface area contributed by atoms with E-state index < -0.39 is 0 Å². The van der Waals surface area contributed by atoms with Crippen molar-refractivity contribution in [1.29, 1.82) is 0 Å². The molecule has 2 rings (SSSR count). The topological polar surface area (TPSA) is 30.2 Å². The quantitative estimate of drug-likeness (QED) is 0.618. The fraction of sp³-hybridized carbons (Fsp3) is 0.182. The van der Waals surface area contributed by atoms with Crippen LogP contribution in [-0.4, -0.2) is 0 Å². The van der Waals surface area contributed by atoms with Gasteiger partial charge >= 0.3 is 5.63 Å². The molecule has 1 heterocycles. The molecule has 2 aromatic rings. The Morgan fingerprint density at radius 2 is 2.38 bits per heavy atom. The summed E-state index contributed by atoms with van der Waals surface area (Å²) in [5.41, 5.74) is 1.08. The normalized spacial score (nSPS) is 10.5. The van der Waals surface area contributed by atoms with Gasteiger partial charge in [0.15, 0.2) is 0 Å². The van der Waals surface area contributed by atoms with Crippen LogP contribution < -0.4 is 5.63 Å². The minimum Gasteiger partial charge on any atom is -0.423 e. The Kier molecular flexibility index (Phi) is 1.89. The summed E-state index contributed by atoms with van der Waals surface area (Å²) >= 11 is 0. The van der Waals surface area contributed by atoms with Gasteiger partial charge in [-0.15, -0.1) is 0 Å². The summed E-state index contributed by atoms with van der Waals surface area (Å²) in [5, 5.41) is 0.954. The minimum atomic E-state index is -0.241. The molecule has 0 aliphatic heterocycles. The molecule has 0 aliphatic carbocycles. The van der Waals surface area contributed by atoms with Crippen LogP contribution in [0, 0.1) is 6.07 Å². The summed E-state index contributed by atoms with van der Waals surface area (Å²) in [6.45, 7) is 1.94. The van der Waals surface area contributed by atoms with E-state index >= 15 is 0 Å². The molecule has 0 aliphatic rings. The van der Waals surface area contributed by atoms with Crippen LogP contribution >= 0.6 is 0 Å². The van der Waals surface area contributed by atoms with Crippen molar-refractivity contribution in [1.82, 2.24) is 0 Å². The van der Waals surface area contributed by atoms with Gasteiger partial charge in [0.1, 0.15) is 5.58 Å². The molecule has 0 amide bonds. The molecule has 0 unspecified atom stereocenters. The lowest BCUT2D eigenvalue weighted by molar-refractivity contribution is 0.551. The summed E-state index contributed by atoms with van der Waals surface area (Å²) in [6.07, 6.45) is 0.705. The lowest BCUT2D eigenvalue weighted by Crippen LogP contribution is -2.05. The molecule has 1 aromatic heterocycles. The number of fused-ring (bicyclic) bond motifs is 1. The largest absolute Gasteiger partial charge is 0.423 e. The molecule has 13 heavy (non-hydrogen) atoms. The molecule has 0 saturated heterocycles. The number of hydrogen-bond acceptors (Lipinski definition) is 2. The van der Waals surface area contributed by atoms with Crippen LogP contribution in [0.3, 0.4) is 0 Å². The maximum absolute atomic E-state index is 11.3. The van der Waals surface area contributed by atoms with Gasteiger partial charge in [-0.1, -0.05) is 19.1 Å². The van der Waals surface area contributed by atoms with Gasteiger partial charge in [0.25, 0.3) is 0 Å². The Labute approximate surface area is 75.8 Å². The Bertz CT molecular complexity index is 483. The van der Waals surface area contributed by atoms with E-state index in [0.717, 1.165) is 10.9 Å². The second-order valence-electron chi connectivity index (χ2n) is 2.88. The van der Waals surface area contributed by atoms with Crippen molar-refractivity contribution >= 4 is 11.0 Å². The van der Waals surface area contributed by atoms with Gasteiger partial charge in [-0.25, -0.2) is 4.79 Å². The zero-order valence-electron chi connectivity index (χ0n) is 7.33. The van der Waals surface area contributed by atoms with Crippen molar-refractivity contribution < 1.29 is 4.42 Å². The third kappa shape index (κ3) is 1.35. The van der Waals surface area contributed by atoms with E-state index in [2.05, 4.69) is 6.07 Å². The van der Waals surface area contributed by atoms with Gasteiger partial charge in [0.05, 0.1) is 0 Å². The first-order valence-electron chi connectivity index (χ1n) is 4.24. The smallest absolute Gasteiger partial charge is 0.339 e. The van der Waals surface area contributed by atoms with Crippen LogP contribution in [0.2, 0.25) is 0 Å². The molecular weight excluding hydrogens is 164 g/mol. The molecule has 0 N–H and O–H groups in total. The fourth-order valence-electron chi connectivity index (χ4n) is 1.29. The lowest BCUT2D eigenvalue weighted by atomic mass is 10.1. The van der Waals surface area contributed by atoms with Crippen molar-refractivity contribution in [2.45, 2.75) is 13.3 Å². The highest BCUT2D eigenvalue weighted by Crippen LogP contribution is 2.12. The SMILES string of the molecule is CCc1cc2cc[c]cc2oc1=O. The summed E-state index contributed by atoms with van der Waals surface area (Å²) in [6, 6.07) is 10.1. The van der Waals surface area contributed by atoms with Gasteiger partial charge in [-0.05, 0) is 24.6 Å². The highest BCUT2D eigenvalue weighted by molar-refractivity contribution is 5.76. The molecule has 2 heteroatoms. The van der Waals surface area contributed by atoms with E-state index in [0.29, 0.717) is 12.0 Å². The zero-order chi connectivity index (χ0) is 9.26. The van der Waals surface area contributed by atoms with E-state index in [9.17, 15) is 4.79 Å². The molecule has 0 spiro atoms. The summed E-state index contributed by atoms with van der Waals surface area (Å²) < 4.78 is 5.10. The van der Waals surface area contributed by atoms with E-state index in [1.807, 2.05) is 25.1 Å². The predicted octanol–water partition coefficient (Wildman–Crippen LogP) is 2.16. The third-order valence-electron chi connectivity index (χ3n) is 2.03. The molecule has 2 nitrogen and oxygen atoms in total. The highest BCUT2D eigenvalue weighted by Gasteiger charge is 2.01. The Morgan fingerprint density at radius 3 is 3.15 bits per heavy atom. The molecule has 0 bridgehead atoms. The summed E-state index contributed by atoms with van der Waals surface area (Å²) in [4.78, 5) is 11.3. The van der Waals surface area contributed by atoms with Crippen LogP contribution in [0.15, 0.2) is 33.5 Å². The van der Waals surface area contributed by atoms with Gasteiger partial charge in [-0.2, -0.15) is 0 Å². The second-order valence-corrected chi connectivity index (χ2v) is 2.88. The number of aryl methyl sites for hydroxylation is 1. The first-order chi connectivity index (χ1) is 6.31. The first-order valence-corrected chi connectivity index (χ1v) is 4.24. The van der Waals surface area contributed by atoms with E-state index in [-0.39, 0.29) is 5.63 Å². The Hall–Kier alpha value is -1.57. The van der Waals surface area contributed by atoms with Gasteiger partial charge in [0, 0.05) is 10.9 Å². The lowest BCUT2D eigenvalue weighted by Gasteiger charge is -1.97. The summed E-state index contributed by atoms with van der Waals surface area (Å²) in [5.74, 6) is 0. The Morgan fingerprint density at radius 1 is 1.54 bits per heavy atom. The Balaban J connectivity index is 2.81. The molecular formula is C11H9O2. The average Bonchev–Trinajstić information content (AvgIpc) is 2.17. The number of benzene rings is 1. The first kappa shape index (κ1) is 8.05. The molecule has 0 saturated carbocycles. The zero-order valence-corrected chi connectivity index (χ0v) is 7.33. The second kappa shape index (κ2) is 3.05. The summed E-state index contributed by atoms with van der Waals surface area (Å²) in [7, 11) is 0. The molecule has 0 fully saturated rings. The fourth-order valence-corrected chi connectivity index (χ4v) is 1.29. The maximum atomic E-state index is 11.3. The number of rotatable bonds is 1. The molecule has 0 atom stereocenters. The minimum absolute atomic E-state index is 0.241. The van der Waals surface area contributed by atoms with Crippen molar-refractivity contribution in [3.63, 3.8) is 0 Å². The maximum Gasteiger partial charge on any atom is 0.339 e. The van der Waals surface area contributed by atoms with Crippen LogP contribution in [0.5, 0.6) is 0 Å². The molecule has 1 radical (unpaired) electrons. The third-order valence-corrected chi connectivity index (χ3v) is 2.03. The van der Waals surface area contributed by atoms with Gasteiger partial charge < -0.3 is 4.42 Å².